The standard InChI is InChI=1S/C15H22BrN3O3S/c1-3-19(12-15(20)18-10-8-17(2)9-11-18)23(21,22)14-6-4-13(16)5-7-14/h4-7H,3,8-12H2,1-2H3. The number of likely N-dealkylation sites (N-methyl/N-ethyl adjacent to an activating group) is 2. The van der Waals surface area contributed by atoms with Gasteiger partial charge in [-0.25, -0.2) is 8.42 Å². The number of halogens is 1. The Kier molecular flexibility index (Phi) is 6.19. The molecule has 0 aliphatic carbocycles. The molecule has 1 saturated heterocycles. The zero-order valence-corrected chi connectivity index (χ0v) is 15.8. The minimum Gasteiger partial charge on any atom is -0.339 e. The van der Waals surface area contributed by atoms with E-state index in [1.165, 1.54) is 4.31 Å². The molecule has 0 N–H and O–H groups in total. The van der Waals surface area contributed by atoms with Gasteiger partial charge in [0.25, 0.3) is 0 Å². The molecular weight excluding hydrogens is 382 g/mol. The molecule has 1 fully saturated rings. The fourth-order valence-corrected chi connectivity index (χ4v) is 4.09. The largest absolute Gasteiger partial charge is 0.339 e. The van der Waals surface area contributed by atoms with Crippen LogP contribution in [0.4, 0.5) is 0 Å². The highest BCUT2D eigenvalue weighted by atomic mass is 79.9. The average Bonchev–Trinajstić information content (AvgIpc) is 2.53. The second-order valence-corrected chi connectivity index (χ2v) is 8.42. The summed E-state index contributed by atoms with van der Waals surface area (Å²) in [7, 11) is -1.65. The van der Waals surface area contributed by atoms with Gasteiger partial charge in [-0.15, -0.1) is 0 Å². The summed E-state index contributed by atoms with van der Waals surface area (Å²) in [5.41, 5.74) is 0. The maximum Gasteiger partial charge on any atom is 0.243 e. The van der Waals surface area contributed by atoms with E-state index >= 15 is 0 Å². The molecule has 1 amide bonds. The third-order valence-corrected chi connectivity index (χ3v) is 6.44. The summed E-state index contributed by atoms with van der Waals surface area (Å²) in [6.07, 6.45) is 0. The minimum atomic E-state index is -3.66. The quantitative estimate of drug-likeness (QED) is 0.741. The van der Waals surface area contributed by atoms with E-state index in [9.17, 15) is 13.2 Å². The molecule has 0 bridgehead atoms. The molecule has 128 valence electrons. The maximum atomic E-state index is 12.7. The van der Waals surface area contributed by atoms with Crippen molar-refractivity contribution in [2.24, 2.45) is 0 Å². The normalized spacial score (nSPS) is 16.8. The summed E-state index contributed by atoms with van der Waals surface area (Å²) in [5.74, 6) is -0.138. The van der Waals surface area contributed by atoms with Crippen LogP contribution in [0.15, 0.2) is 33.6 Å². The van der Waals surface area contributed by atoms with Gasteiger partial charge >= 0.3 is 0 Å². The molecule has 2 rings (SSSR count). The minimum absolute atomic E-state index is 0.112. The Bertz CT molecular complexity index is 640. The number of nitrogens with zero attached hydrogens (tertiary/aromatic N) is 3. The predicted molar refractivity (Wildman–Crippen MR) is 92.7 cm³/mol. The Morgan fingerprint density at radius 2 is 1.74 bits per heavy atom. The molecule has 1 aromatic rings. The SMILES string of the molecule is CCN(CC(=O)N1CCN(C)CC1)S(=O)(=O)c1ccc(Br)cc1. The van der Waals surface area contributed by atoms with Gasteiger partial charge in [-0.2, -0.15) is 4.31 Å². The molecule has 0 saturated carbocycles. The molecule has 1 aromatic carbocycles. The van der Waals surface area contributed by atoms with Crippen LogP contribution in [0.3, 0.4) is 0 Å². The molecule has 1 aliphatic rings. The third-order valence-electron chi connectivity index (χ3n) is 3.97. The zero-order valence-electron chi connectivity index (χ0n) is 13.4. The number of rotatable bonds is 5. The van der Waals surface area contributed by atoms with Gasteiger partial charge in [0, 0.05) is 37.2 Å². The van der Waals surface area contributed by atoms with E-state index in [0.29, 0.717) is 13.1 Å². The molecule has 23 heavy (non-hydrogen) atoms. The summed E-state index contributed by atoms with van der Waals surface area (Å²) >= 11 is 3.29. The number of hydrogen-bond acceptors (Lipinski definition) is 4. The summed E-state index contributed by atoms with van der Waals surface area (Å²) in [6.45, 7) is 4.81. The van der Waals surface area contributed by atoms with Gasteiger partial charge in [-0.3, -0.25) is 4.79 Å². The van der Waals surface area contributed by atoms with Gasteiger partial charge in [-0.05, 0) is 31.3 Å². The first-order chi connectivity index (χ1) is 10.8. The smallest absolute Gasteiger partial charge is 0.243 e. The van der Waals surface area contributed by atoms with Gasteiger partial charge in [0.15, 0.2) is 0 Å². The van der Waals surface area contributed by atoms with Crippen molar-refractivity contribution in [1.82, 2.24) is 14.1 Å². The molecule has 1 aliphatic heterocycles. The highest BCUT2D eigenvalue weighted by molar-refractivity contribution is 9.10. The molecule has 0 atom stereocenters. The van der Waals surface area contributed by atoms with Crippen molar-refractivity contribution in [1.29, 1.82) is 0 Å². The Hall–Kier alpha value is -0.960. The monoisotopic (exact) mass is 403 g/mol. The molecule has 0 aromatic heterocycles. The molecular formula is C15H22BrN3O3S. The number of carbonyl (C=O) groups is 1. The second-order valence-electron chi connectivity index (χ2n) is 5.57. The van der Waals surface area contributed by atoms with Crippen molar-refractivity contribution in [3.8, 4) is 0 Å². The number of carbonyl (C=O) groups excluding carboxylic acids is 1. The van der Waals surface area contributed by atoms with Crippen LogP contribution < -0.4 is 0 Å². The summed E-state index contributed by atoms with van der Waals surface area (Å²) in [5, 5.41) is 0. The van der Waals surface area contributed by atoms with Gasteiger partial charge in [0.05, 0.1) is 11.4 Å². The Balaban J connectivity index is 2.09. The van der Waals surface area contributed by atoms with Crippen molar-refractivity contribution >= 4 is 31.9 Å². The number of benzene rings is 1. The lowest BCUT2D eigenvalue weighted by Crippen LogP contribution is -2.50. The average molecular weight is 404 g/mol. The zero-order chi connectivity index (χ0) is 17.0. The summed E-state index contributed by atoms with van der Waals surface area (Å²) < 4.78 is 27.4. The fourth-order valence-electron chi connectivity index (χ4n) is 2.43. The first-order valence-electron chi connectivity index (χ1n) is 7.56. The van der Waals surface area contributed by atoms with Crippen LogP contribution in [-0.4, -0.2) is 74.7 Å². The number of amides is 1. The summed E-state index contributed by atoms with van der Waals surface area (Å²) in [4.78, 5) is 16.5. The third kappa shape index (κ3) is 4.53. The Morgan fingerprint density at radius 1 is 1.17 bits per heavy atom. The van der Waals surface area contributed by atoms with E-state index in [0.717, 1.165) is 17.6 Å². The van der Waals surface area contributed by atoms with Crippen molar-refractivity contribution in [3.63, 3.8) is 0 Å². The van der Waals surface area contributed by atoms with Crippen LogP contribution in [0.2, 0.25) is 0 Å². The van der Waals surface area contributed by atoms with E-state index in [1.54, 1.807) is 36.1 Å². The van der Waals surface area contributed by atoms with Crippen LogP contribution >= 0.6 is 15.9 Å². The van der Waals surface area contributed by atoms with E-state index in [2.05, 4.69) is 20.8 Å². The molecule has 0 unspecified atom stereocenters. The Labute approximate surface area is 146 Å². The lowest BCUT2D eigenvalue weighted by Gasteiger charge is -2.33. The van der Waals surface area contributed by atoms with Gasteiger partial charge in [0.1, 0.15) is 0 Å². The molecule has 0 spiro atoms. The predicted octanol–water partition coefficient (Wildman–Crippen LogP) is 1.23. The van der Waals surface area contributed by atoms with Crippen LogP contribution in [0.25, 0.3) is 0 Å². The molecule has 0 radical (unpaired) electrons. The first kappa shape index (κ1) is 18.4. The molecule has 1 heterocycles. The van der Waals surface area contributed by atoms with Crippen molar-refractivity contribution in [2.75, 3.05) is 46.3 Å². The Morgan fingerprint density at radius 3 is 2.26 bits per heavy atom. The van der Waals surface area contributed by atoms with Gasteiger partial charge in [-0.1, -0.05) is 22.9 Å². The lowest BCUT2D eigenvalue weighted by atomic mass is 10.3. The molecule has 6 nitrogen and oxygen atoms in total. The number of sulfonamides is 1. The van der Waals surface area contributed by atoms with Crippen molar-refractivity contribution in [2.45, 2.75) is 11.8 Å². The summed E-state index contributed by atoms with van der Waals surface area (Å²) in [6, 6.07) is 6.46. The van der Waals surface area contributed by atoms with Crippen molar-refractivity contribution in [3.05, 3.63) is 28.7 Å². The van der Waals surface area contributed by atoms with Crippen LogP contribution in [0.5, 0.6) is 0 Å². The number of hydrogen-bond donors (Lipinski definition) is 0. The van der Waals surface area contributed by atoms with E-state index in [4.69, 9.17) is 0 Å². The van der Waals surface area contributed by atoms with E-state index < -0.39 is 10.0 Å². The lowest BCUT2D eigenvalue weighted by molar-refractivity contribution is -0.132. The van der Waals surface area contributed by atoms with Gasteiger partial charge < -0.3 is 9.80 Å². The van der Waals surface area contributed by atoms with Crippen LogP contribution in [-0.2, 0) is 14.8 Å². The molecule has 8 heteroatoms. The van der Waals surface area contributed by atoms with Crippen molar-refractivity contribution < 1.29 is 13.2 Å². The second kappa shape index (κ2) is 7.74. The maximum absolute atomic E-state index is 12.7. The first-order valence-corrected chi connectivity index (χ1v) is 9.80. The van der Waals surface area contributed by atoms with E-state index in [-0.39, 0.29) is 23.9 Å². The topological polar surface area (TPSA) is 60.9 Å². The fraction of sp³-hybridized carbons (Fsp3) is 0.533. The highest BCUT2D eigenvalue weighted by Gasteiger charge is 2.28. The van der Waals surface area contributed by atoms with Crippen LogP contribution in [0.1, 0.15) is 6.92 Å². The van der Waals surface area contributed by atoms with E-state index in [1.807, 2.05) is 7.05 Å². The highest BCUT2D eigenvalue weighted by Crippen LogP contribution is 2.19. The van der Waals surface area contributed by atoms with Gasteiger partial charge in [0.2, 0.25) is 15.9 Å². The number of piperazine rings is 1. The van der Waals surface area contributed by atoms with Crippen LogP contribution in [0, 0.1) is 0 Å².